The van der Waals surface area contributed by atoms with E-state index in [1.165, 1.54) is 17.8 Å². The number of hydrogen-bond acceptors (Lipinski definition) is 5. The summed E-state index contributed by atoms with van der Waals surface area (Å²) in [5.41, 5.74) is 7.58. The highest BCUT2D eigenvalue weighted by molar-refractivity contribution is 7.21. The molecule has 1 unspecified atom stereocenters. The van der Waals surface area contributed by atoms with Crippen molar-refractivity contribution < 1.29 is 4.79 Å². The average Bonchev–Trinajstić information content (AvgIpc) is 3.06. The van der Waals surface area contributed by atoms with Crippen LogP contribution in [-0.4, -0.2) is 24.5 Å². The Hall–Kier alpha value is -1.66. The van der Waals surface area contributed by atoms with Crippen molar-refractivity contribution in [3.63, 3.8) is 0 Å². The number of nitrogens with one attached hydrogen (secondary N) is 2. The van der Waals surface area contributed by atoms with Crippen LogP contribution in [0.3, 0.4) is 0 Å². The molecule has 1 aliphatic rings. The number of pyridine rings is 1. The lowest BCUT2D eigenvalue weighted by atomic mass is 10.1. The summed E-state index contributed by atoms with van der Waals surface area (Å²) in [4.78, 5) is 17.8. The highest BCUT2D eigenvalue weighted by Crippen LogP contribution is 2.34. The van der Waals surface area contributed by atoms with Gasteiger partial charge in [0.1, 0.15) is 9.71 Å². The van der Waals surface area contributed by atoms with Crippen LogP contribution in [0.25, 0.3) is 10.2 Å². The molecule has 0 saturated carbocycles. The molecule has 0 aromatic carbocycles. The minimum Gasteiger partial charge on any atom is -0.397 e. The van der Waals surface area contributed by atoms with Crippen molar-refractivity contribution in [2.45, 2.75) is 18.9 Å². The second-order valence-corrected chi connectivity index (χ2v) is 5.66. The maximum atomic E-state index is 11.7. The summed E-state index contributed by atoms with van der Waals surface area (Å²) in [6.45, 7) is 1.04. The molecule has 2 aromatic rings. The first-order chi connectivity index (χ1) is 9.20. The first kappa shape index (κ1) is 12.4. The predicted molar refractivity (Wildman–Crippen MR) is 77.4 cm³/mol. The van der Waals surface area contributed by atoms with Crippen molar-refractivity contribution in [3.8, 4) is 0 Å². The van der Waals surface area contributed by atoms with E-state index in [9.17, 15) is 4.79 Å². The molecule has 5 nitrogen and oxygen atoms in total. The van der Waals surface area contributed by atoms with Crippen molar-refractivity contribution >= 4 is 33.1 Å². The lowest BCUT2D eigenvalue weighted by Crippen LogP contribution is -2.17. The summed E-state index contributed by atoms with van der Waals surface area (Å²) >= 11 is 1.35. The second kappa shape index (κ2) is 4.79. The molecule has 1 saturated heterocycles. The Balaban J connectivity index is 2.05. The Morgan fingerprint density at radius 3 is 3.11 bits per heavy atom. The van der Waals surface area contributed by atoms with Crippen LogP contribution in [-0.2, 0) is 0 Å². The van der Waals surface area contributed by atoms with E-state index in [0.29, 0.717) is 16.6 Å². The van der Waals surface area contributed by atoms with Crippen LogP contribution in [0.2, 0.25) is 0 Å². The Kier molecular flexibility index (Phi) is 3.12. The summed E-state index contributed by atoms with van der Waals surface area (Å²) in [5, 5.41) is 6.89. The number of nitrogens with two attached hydrogens (primary N) is 1. The van der Waals surface area contributed by atoms with Gasteiger partial charge in [0.25, 0.3) is 5.91 Å². The fourth-order valence-electron chi connectivity index (χ4n) is 2.42. The largest absolute Gasteiger partial charge is 0.397 e. The molecule has 19 heavy (non-hydrogen) atoms. The van der Waals surface area contributed by atoms with E-state index in [0.717, 1.165) is 28.9 Å². The minimum absolute atomic E-state index is 0.152. The maximum Gasteiger partial charge on any atom is 0.263 e. The lowest BCUT2D eigenvalue weighted by molar-refractivity contribution is 0.0968. The van der Waals surface area contributed by atoms with Gasteiger partial charge in [-0.05, 0) is 31.5 Å². The van der Waals surface area contributed by atoms with Gasteiger partial charge in [-0.2, -0.15) is 0 Å². The molecule has 3 heterocycles. The Bertz CT molecular complexity index is 631. The summed E-state index contributed by atoms with van der Waals surface area (Å²) in [7, 11) is 1.60. The molecular formula is C13H16N4OS. The van der Waals surface area contributed by atoms with Gasteiger partial charge in [0, 0.05) is 18.5 Å². The number of nitrogen functional groups attached to an aromatic ring is 1. The summed E-state index contributed by atoms with van der Waals surface area (Å²) < 4.78 is 0. The number of nitrogens with zero attached hydrogens (tertiary/aromatic N) is 1. The van der Waals surface area contributed by atoms with Gasteiger partial charge in [-0.3, -0.25) is 4.79 Å². The van der Waals surface area contributed by atoms with Gasteiger partial charge in [0.15, 0.2) is 0 Å². The molecule has 0 radical (unpaired) electrons. The molecule has 1 aliphatic heterocycles. The number of fused-ring (bicyclic) bond motifs is 1. The smallest absolute Gasteiger partial charge is 0.263 e. The third kappa shape index (κ3) is 2.06. The van der Waals surface area contributed by atoms with Crippen LogP contribution in [0, 0.1) is 0 Å². The van der Waals surface area contributed by atoms with Gasteiger partial charge >= 0.3 is 0 Å². The minimum atomic E-state index is -0.152. The first-order valence-electron chi connectivity index (χ1n) is 6.35. The zero-order valence-corrected chi connectivity index (χ0v) is 11.5. The number of anilines is 1. The number of rotatable bonds is 2. The van der Waals surface area contributed by atoms with Gasteiger partial charge in [-0.1, -0.05) is 0 Å². The zero-order valence-electron chi connectivity index (χ0n) is 10.7. The Morgan fingerprint density at radius 2 is 2.42 bits per heavy atom. The topological polar surface area (TPSA) is 80.0 Å². The fourth-order valence-corrected chi connectivity index (χ4v) is 3.47. The van der Waals surface area contributed by atoms with Gasteiger partial charge in [-0.25, -0.2) is 4.98 Å². The van der Waals surface area contributed by atoms with Crippen molar-refractivity contribution in [2.24, 2.45) is 0 Å². The molecule has 3 rings (SSSR count). The molecule has 0 bridgehead atoms. The normalized spacial score (nSPS) is 18.9. The van der Waals surface area contributed by atoms with Crippen LogP contribution in [0.5, 0.6) is 0 Å². The second-order valence-electron chi connectivity index (χ2n) is 4.66. The number of amides is 1. The van der Waals surface area contributed by atoms with Crippen molar-refractivity contribution in [2.75, 3.05) is 19.3 Å². The molecule has 4 N–H and O–H groups in total. The van der Waals surface area contributed by atoms with Gasteiger partial charge in [0.2, 0.25) is 0 Å². The summed E-state index contributed by atoms with van der Waals surface area (Å²) in [6.07, 6.45) is 2.29. The van der Waals surface area contributed by atoms with E-state index >= 15 is 0 Å². The van der Waals surface area contributed by atoms with E-state index in [1.807, 2.05) is 12.1 Å². The maximum absolute atomic E-state index is 11.7. The third-order valence-corrected chi connectivity index (χ3v) is 4.58. The van der Waals surface area contributed by atoms with Gasteiger partial charge < -0.3 is 16.4 Å². The van der Waals surface area contributed by atoms with Crippen molar-refractivity contribution in [1.29, 1.82) is 0 Å². The van der Waals surface area contributed by atoms with Gasteiger partial charge in [-0.15, -0.1) is 11.3 Å². The van der Waals surface area contributed by atoms with E-state index in [-0.39, 0.29) is 5.91 Å². The standard InChI is InChI=1S/C13H16N4OS/c1-15-12(18)11-10(14)7-4-5-9(17-13(7)19-11)8-3-2-6-16-8/h4-5,8,16H,2-3,6,14H2,1H3,(H,15,18). The summed E-state index contributed by atoms with van der Waals surface area (Å²) in [5.74, 6) is -0.152. The molecule has 100 valence electrons. The lowest BCUT2D eigenvalue weighted by Gasteiger charge is -2.08. The quantitative estimate of drug-likeness (QED) is 0.779. The highest BCUT2D eigenvalue weighted by Gasteiger charge is 2.20. The third-order valence-electron chi connectivity index (χ3n) is 3.47. The zero-order chi connectivity index (χ0) is 13.4. The van der Waals surface area contributed by atoms with E-state index < -0.39 is 0 Å². The van der Waals surface area contributed by atoms with E-state index in [4.69, 9.17) is 5.73 Å². The number of aromatic nitrogens is 1. The van der Waals surface area contributed by atoms with Crippen LogP contribution >= 0.6 is 11.3 Å². The van der Waals surface area contributed by atoms with Crippen molar-refractivity contribution in [1.82, 2.24) is 15.6 Å². The molecule has 1 amide bonds. The number of thiophene rings is 1. The van der Waals surface area contributed by atoms with Crippen LogP contribution in [0.15, 0.2) is 12.1 Å². The van der Waals surface area contributed by atoms with E-state index in [1.54, 1.807) is 7.05 Å². The molecule has 0 spiro atoms. The molecule has 0 aliphatic carbocycles. The molecule has 2 aromatic heterocycles. The summed E-state index contributed by atoms with van der Waals surface area (Å²) in [6, 6.07) is 4.30. The number of hydrogen-bond donors (Lipinski definition) is 3. The number of carbonyl (C=O) groups excluding carboxylic acids is 1. The van der Waals surface area contributed by atoms with Gasteiger partial charge in [0.05, 0.1) is 11.4 Å². The first-order valence-corrected chi connectivity index (χ1v) is 7.16. The monoisotopic (exact) mass is 276 g/mol. The molecule has 6 heteroatoms. The Labute approximate surface area is 115 Å². The average molecular weight is 276 g/mol. The van der Waals surface area contributed by atoms with Crippen LogP contribution in [0.4, 0.5) is 5.69 Å². The number of carbonyl (C=O) groups is 1. The van der Waals surface area contributed by atoms with Crippen LogP contribution < -0.4 is 16.4 Å². The van der Waals surface area contributed by atoms with Crippen LogP contribution in [0.1, 0.15) is 34.2 Å². The molecule has 1 atom stereocenters. The Morgan fingerprint density at radius 1 is 1.58 bits per heavy atom. The predicted octanol–water partition coefficient (Wildman–Crippen LogP) is 1.66. The molecular weight excluding hydrogens is 260 g/mol. The highest BCUT2D eigenvalue weighted by atomic mass is 32.1. The SMILES string of the molecule is CNC(=O)c1sc2nc(C3CCCN3)ccc2c1N. The van der Waals surface area contributed by atoms with Crippen molar-refractivity contribution in [3.05, 3.63) is 22.7 Å². The molecule has 1 fully saturated rings. The van der Waals surface area contributed by atoms with E-state index in [2.05, 4.69) is 15.6 Å². The fraction of sp³-hybridized carbons (Fsp3) is 0.385.